The van der Waals surface area contributed by atoms with Gasteiger partial charge < -0.3 is 21.5 Å². The van der Waals surface area contributed by atoms with Crippen molar-refractivity contribution in [1.82, 2.24) is 5.32 Å². The van der Waals surface area contributed by atoms with Crippen molar-refractivity contribution in [2.75, 3.05) is 6.54 Å². The molecule has 0 heterocycles. The molecule has 0 spiro atoms. The SMILES string of the molecule is CC(C)c1cccc(OC(=O)CC(C)(C)CNC(=O)[C@@H](N)CC(N)=O)c1C(C)C. The number of nitrogens with two attached hydrogens (primary N) is 2. The van der Waals surface area contributed by atoms with Gasteiger partial charge in [0.15, 0.2) is 0 Å². The van der Waals surface area contributed by atoms with Gasteiger partial charge in [0, 0.05) is 12.1 Å². The molecule has 1 aromatic carbocycles. The summed E-state index contributed by atoms with van der Waals surface area (Å²) in [6.45, 7) is 12.3. The third-order valence-electron chi connectivity index (χ3n) is 4.64. The van der Waals surface area contributed by atoms with Gasteiger partial charge in [0.05, 0.1) is 18.9 Å². The molecule has 0 unspecified atom stereocenters. The summed E-state index contributed by atoms with van der Waals surface area (Å²) in [6, 6.07) is 4.78. The van der Waals surface area contributed by atoms with E-state index in [4.69, 9.17) is 16.2 Å². The van der Waals surface area contributed by atoms with Crippen LogP contribution in [-0.4, -0.2) is 30.4 Å². The quantitative estimate of drug-likeness (QED) is 0.407. The highest BCUT2D eigenvalue weighted by Gasteiger charge is 2.27. The van der Waals surface area contributed by atoms with Crippen LogP contribution in [0.15, 0.2) is 18.2 Å². The van der Waals surface area contributed by atoms with Crippen molar-refractivity contribution >= 4 is 17.8 Å². The van der Waals surface area contributed by atoms with E-state index in [0.29, 0.717) is 11.7 Å². The second-order valence-corrected chi connectivity index (χ2v) is 8.88. The van der Waals surface area contributed by atoms with Gasteiger partial charge in [0.25, 0.3) is 0 Å². The lowest BCUT2D eigenvalue weighted by Gasteiger charge is -2.25. The Bertz CT molecular complexity index is 742. The number of hydrogen-bond acceptors (Lipinski definition) is 5. The molecular weight excluding hydrogens is 370 g/mol. The maximum absolute atomic E-state index is 12.6. The van der Waals surface area contributed by atoms with Gasteiger partial charge in [-0.05, 0) is 28.9 Å². The van der Waals surface area contributed by atoms with Crippen molar-refractivity contribution < 1.29 is 19.1 Å². The first-order valence-electron chi connectivity index (χ1n) is 9.99. The summed E-state index contributed by atoms with van der Waals surface area (Å²) in [5, 5.41) is 2.67. The van der Waals surface area contributed by atoms with E-state index >= 15 is 0 Å². The number of hydrogen-bond donors (Lipinski definition) is 3. The molecule has 0 aliphatic heterocycles. The predicted octanol–water partition coefficient (Wildman–Crippen LogP) is 2.57. The largest absolute Gasteiger partial charge is 0.426 e. The zero-order valence-corrected chi connectivity index (χ0v) is 18.4. The maximum Gasteiger partial charge on any atom is 0.311 e. The van der Waals surface area contributed by atoms with Gasteiger partial charge in [0.1, 0.15) is 5.75 Å². The Hall–Kier alpha value is -2.41. The zero-order valence-electron chi connectivity index (χ0n) is 18.4. The summed E-state index contributed by atoms with van der Waals surface area (Å²) in [7, 11) is 0. The Morgan fingerprint density at radius 1 is 1.10 bits per heavy atom. The number of benzene rings is 1. The Morgan fingerprint density at radius 2 is 1.72 bits per heavy atom. The predicted molar refractivity (Wildman–Crippen MR) is 113 cm³/mol. The number of nitrogens with one attached hydrogen (secondary N) is 1. The number of carbonyl (C=O) groups is 3. The van der Waals surface area contributed by atoms with Crippen molar-refractivity contribution in [3.63, 3.8) is 0 Å². The first kappa shape index (κ1) is 24.6. The van der Waals surface area contributed by atoms with Gasteiger partial charge in [-0.3, -0.25) is 14.4 Å². The van der Waals surface area contributed by atoms with Gasteiger partial charge >= 0.3 is 5.97 Å². The average molecular weight is 406 g/mol. The fraction of sp³-hybridized carbons (Fsp3) is 0.591. The molecule has 1 atom stereocenters. The molecule has 0 aliphatic carbocycles. The van der Waals surface area contributed by atoms with Gasteiger partial charge in [-0.15, -0.1) is 0 Å². The number of ether oxygens (including phenoxy) is 1. The van der Waals surface area contributed by atoms with Crippen molar-refractivity contribution in [2.24, 2.45) is 16.9 Å². The molecular formula is C22H35N3O4. The Morgan fingerprint density at radius 3 is 2.24 bits per heavy atom. The van der Waals surface area contributed by atoms with E-state index in [9.17, 15) is 14.4 Å². The highest BCUT2D eigenvalue weighted by molar-refractivity contribution is 5.87. The Labute approximate surface area is 173 Å². The van der Waals surface area contributed by atoms with E-state index in [-0.39, 0.29) is 31.3 Å². The number of rotatable bonds is 10. The monoisotopic (exact) mass is 405 g/mol. The summed E-state index contributed by atoms with van der Waals surface area (Å²) in [5.41, 5.74) is 12.3. The molecule has 7 heteroatoms. The van der Waals surface area contributed by atoms with Crippen LogP contribution >= 0.6 is 0 Å². The van der Waals surface area contributed by atoms with Crippen LogP contribution < -0.4 is 21.5 Å². The van der Waals surface area contributed by atoms with Crippen LogP contribution in [0.4, 0.5) is 0 Å². The van der Waals surface area contributed by atoms with Crippen molar-refractivity contribution in [3.8, 4) is 5.75 Å². The summed E-state index contributed by atoms with van der Waals surface area (Å²) >= 11 is 0. The normalized spacial score (nSPS) is 12.7. The molecule has 0 fully saturated rings. The summed E-state index contributed by atoms with van der Waals surface area (Å²) in [4.78, 5) is 35.4. The molecule has 1 aromatic rings. The number of carbonyl (C=O) groups excluding carboxylic acids is 3. The van der Waals surface area contributed by atoms with Gasteiger partial charge in [-0.1, -0.05) is 53.7 Å². The molecule has 1 rings (SSSR count). The molecule has 0 aromatic heterocycles. The fourth-order valence-electron chi connectivity index (χ4n) is 3.15. The molecule has 0 radical (unpaired) electrons. The zero-order chi connectivity index (χ0) is 22.4. The van der Waals surface area contributed by atoms with E-state index < -0.39 is 23.3 Å². The molecule has 0 aliphatic rings. The topological polar surface area (TPSA) is 125 Å². The molecule has 5 N–H and O–H groups in total. The van der Waals surface area contributed by atoms with Crippen LogP contribution in [-0.2, 0) is 14.4 Å². The van der Waals surface area contributed by atoms with E-state index in [0.717, 1.165) is 5.56 Å². The van der Waals surface area contributed by atoms with E-state index in [1.54, 1.807) is 0 Å². The minimum Gasteiger partial charge on any atom is -0.426 e. The molecule has 0 bridgehead atoms. The second-order valence-electron chi connectivity index (χ2n) is 8.88. The molecule has 7 nitrogen and oxygen atoms in total. The van der Waals surface area contributed by atoms with Crippen LogP contribution in [0.5, 0.6) is 5.75 Å². The number of esters is 1. The minimum atomic E-state index is -0.998. The Balaban J connectivity index is 2.78. The molecule has 0 saturated carbocycles. The van der Waals surface area contributed by atoms with Crippen molar-refractivity contribution in [3.05, 3.63) is 29.3 Å². The van der Waals surface area contributed by atoms with Crippen LogP contribution in [0.3, 0.4) is 0 Å². The fourth-order valence-corrected chi connectivity index (χ4v) is 3.15. The minimum absolute atomic E-state index is 0.113. The van der Waals surface area contributed by atoms with E-state index in [1.165, 1.54) is 5.56 Å². The van der Waals surface area contributed by atoms with Crippen molar-refractivity contribution in [1.29, 1.82) is 0 Å². The summed E-state index contributed by atoms with van der Waals surface area (Å²) in [6.07, 6.45) is -0.111. The third kappa shape index (κ3) is 7.85. The lowest BCUT2D eigenvalue weighted by atomic mass is 9.88. The number of amides is 2. The van der Waals surface area contributed by atoms with Crippen molar-refractivity contribution in [2.45, 2.75) is 72.3 Å². The first-order valence-corrected chi connectivity index (χ1v) is 9.99. The average Bonchev–Trinajstić information content (AvgIpc) is 2.57. The standard InChI is InChI=1S/C22H35N3O4/c1-13(2)15-8-7-9-17(20(15)14(3)4)29-19(27)11-22(5,6)12-25-21(28)16(23)10-18(24)26/h7-9,13-14,16H,10-12,23H2,1-6H3,(H2,24,26)(H,25,28)/t16-/m0/s1. The molecule has 2 amide bonds. The van der Waals surface area contributed by atoms with Crippen LogP contribution in [0, 0.1) is 5.41 Å². The Kier molecular flexibility index (Phi) is 8.82. The highest BCUT2D eigenvalue weighted by Crippen LogP contribution is 2.34. The lowest BCUT2D eigenvalue weighted by molar-refractivity contribution is -0.137. The van der Waals surface area contributed by atoms with Gasteiger partial charge in [-0.2, -0.15) is 0 Å². The van der Waals surface area contributed by atoms with Crippen LogP contribution in [0.25, 0.3) is 0 Å². The molecule has 162 valence electrons. The maximum atomic E-state index is 12.6. The highest BCUT2D eigenvalue weighted by atomic mass is 16.5. The lowest BCUT2D eigenvalue weighted by Crippen LogP contribution is -2.46. The van der Waals surface area contributed by atoms with E-state index in [1.807, 2.05) is 26.0 Å². The van der Waals surface area contributed by atoms with Crippen LogP contribution in [0.1, 0.15) is 77.3 Å². The molecule has 29 heavy (non-hydrogen) atoms. The smallest absolute Gasteiger partial charge is 0.311 e. The van der Waals surface area contributed by atoms with Gasteiger partial charge in [-0.25, -0.2) is 0 Å². The summed E-state index contributed by atoms with van der Waals surface area (Å²) in [5.74, 6) is -0.359. The second kappa shape index (κ2) is 10.4. The van der Waals surface area contributed by atoms with E-state index in [2.05, 4.69) is 39.1 Å². The van der Waals surface area contributed by atoms with Crippen LogP contribution in [0.2, 0.25) is 0 Å². The van der Waals surface area contributed by atoms with Gasteiger partial charge in [0.2, 0.25) is 11.8 Å². The third-order valence-corrected chi connectivity index (χ3v) is 4.64. The first-order chi connectivity index (χ1) is 13.3. The number of primary amides is 1. The molecule has 0 saturated heterocycles. The summed E-state index contributed by atoms with van der Waals surface area (Å²) < 4.78 is 5.70.